The highest BCUT2D eigenvalue weighted by atomic mass is 35.5. The first-order valence-electron chi connectivity index (χ1n) is 10.9. The van der Waals surface area contributed by atoms with Crippen molar-refractivity contribution < 1.29 is 24.2 Å². The molecule has 0 aliphatic carbocycles. The molecular weight excluding hydrogens is 460 g/mol. The maximum Gasteiger partial charge on any atom is 0.312 e. The molecule has 3 rings (SSSR count). The van der Waals surface area contributed by atoms with Gasteiger partial charge in [-0.3, -0.25) is 19.8 Å². The van der Waals surface area contributed by atoms with Crippen LogP contribution in [0.3, 0.4) is 0 Å². The van der Waals surface area contributed by atoms with Gasteiger partial charge in [0, 0.05) is 30.2 Å². The van der Waals surface area contributed by atoms with E-state index in [-0.39, 0.29) is 18.8 Å². The Labute approximate surface area is 202 Å². The molecule has 1 fully saturated rings. The topological polar surface area (TPSA) is 137 Å². The summed E-state index contributed by atoms with van der Waals surface area (Å²) in [6.07, 6.45) is 1.04. The average molecular weight is 487 g/mol. The van der Waals surface area contributed by atoms with Crippen molar-refractivity contribution >= 4 is 35.2 Å². The predicted octanol–water partition coefficient (Wildman–Crippen LogP) is 2.67. The summed E-state index contributed by atoms with van der Waals surface area (Å²) in [5, 5.41) is 17.2. The molecule has 4 N–H and O–H groups in total. The minimum Gasteiger partial charge on any atom is -0.494 e. The summed E-state index contributed by atoms with van der Waals surface area (Å²) < 4.78 is 5.67. The fraction of sp³-hybridized carbons (Fsp3) is 0.333. The van der Waals surface area contributed by atoms with E-state index in [2.05, 4.69) is 0 Å². The van der Waals surface area contributed by atoms with Gasteiger partial charge in [-0.25, -0.2) is 0 Å². The van der Waals surface area contributed by atoms with Crippen LogP contribution in [0.2, 0.25) is 5.02 Å². The number of nitrogens with two attached hydrogens (primary N) is 1. The molecule has 2 amide bonds. The summed E-state index contributed by atoms with van der Waals surface area (Å²) in [6.45, 7) is 1.44. The van der Waals surface area contributed by atoms with Gasteiger partial charge in [0.1, 0.15) is 11.6 Å². The Kier molecular flexibility index (Phi) is 8.48. The van der Waals surface area contributed by atoms with Gasteiger partial charge >= 0.3 is 17.8 Å². The third kappa shape index (κ3) is 6.48. The fourth-order valence-electron chi connectivity index (χ4n) is 3.78. The van der Waals surface area contributed by atoms with Crippen LogP contribution in [0.1, 0.15) is 36.4 Å². The number of amides is 2. The number of nitrogen functional groups attached to an aromatic ring is 1. The minimum atomic E-state index is -1.06. The van der Waals surface area contributed by atoms with Crippen LogP contribution >= 0.6 is 11.6 Å². The third-order valence-electron chi connectivity index (χ3n) is 5.60. The molecule has 1 saturated heterocycles. The number of hydrogen-bond acceptors (Lipinski definition) is 5. The number of nitrogens with one attached hydrogen (secondary N) is 1. The first-order chi connectivity index (χ1) is 16.3. The number of halogens is 1. The van der Waals surface area contributed by atoms with Gasteiger partial charge in [-0.05, 0) is 54.8 Å². The number of unbranched alkanes of at least 4 members (excludes halogenated alkanes) is 1. The smallest absolute Gasteiger partial charge is 0.312 e. The lowest BCUT2D eigenvalue weighted by molar-refractivity contribution is -0.159. The second-order valence-corrected chi connectivity index (χ2v) is 8.39. The third-order valence-corrected chi connectivity index (χ3v) is 5.85. The first kappa shape index (κ1) is 25.0. The predicted molar refractivity (Wildman–Crippen MR) is 127 cm³/mol. The summed E-state index contributed by atoms with van der Waals surface area (Å²) in [7, 11) is 0. The number of nitrogens with zero attached hydrogens (tertiary/aromatic N) is 2. The standard InChI is InChI=1S/C24H27ClN4O5/c25-18-7-3-16(4-8-18)20(15-21(30)31)29-13-12-28(23(32)24(29)33)11-1-2-14-34-19-9-5-17(6-10-19)22(26)27/h3-10,20H,1-2,11-15H2,(H3,26,27)(H,30,31). The van der Waals surface area contributed by atoms with Crippen molar-refractivity contribution in [1.29, 1.82) is 5.41 Å². The van der Waals surface area contributed by atoms with E-state index in [1.54, 1.807) is 48.5 Å². The van der Waals surface area contributed by atoms with Gasteiger partial charge in [0.05, 0.1) is 19.1 Å². The maximum absolute atomic E-state index is 12.8. The van der Waals surface area contributed by atoms with Crippen molar-refractivity contribution in [1.82, 2.24) is 9.80 Å². The highest BCUT2D eigenvalue weighted by Gasteiger charge is 2.37. The zero-order valence-corrected chi connectivity index (χ0v) is 19.3. The molecule has 180 valence electrons. The molecule has 1 heterocycles. The summed E-state index contributed by atoms with van der Waals surface area (Å²) in [5.74, 6) is -1.73. The van der Waals surface area contributed by atoms with Crippen molar-refractivity contribution in [2.45, 2.75) is 25.3 Å². The summed E-state index contributed by atoms with van der Waals surface area (Å²) in [5.41, 5.74) is 6.67. The number of benzene rings is 2. The quantitative estimate of drug-likeness (QED) is 0.193. The molecule has 0 spiro atoms. The second-order valence-electron chi connectivity index (χ2n) is 7.95. The number of carbonyl (C=O) groups is 3. The van der Waals surface area contributed by atoms with E-state index in [4.69, 9.17) is 27.5 Å². The molecule has 9 nitrogen and oxygen atoms in total. The first-order valence-corrected chi connectivity index (χ1v) is 11.3. The summed E-state index contributed by atoms with van der Waals surface area (Å²) >= 11 is 5.92. The van der Waals surface area contributed by atoms with Crippen LogP contribution in [0.4, 0.5) is 0 Å². The normalized spacial score (nSPS) is 14.7. The Balaban J connectivity index is 1.50. The highest BCUT2D eigenvalue weighted by Crippen LogP contribution is 2.28. The van der Waals surface area contributed by atoms with Crippen LogP contribution in [-0.4, -0.2) is 64.8 Å². The van der Waals surface area contributed by atoms with Crippen molar-refractivity contribution in [3.05, 3.63) is 64.7 Å². The Morgan fingerprint density at radius 3 is 2.35 bits per heavy atom. The van der Waals surface area contributed by atoms with Crippen LogP contribution in [0, 0.1) is 5.41 Å². The molecule has 1 atom stereocenters. The number of amidine groups is 1. The molecule has 1 aliphatic heterocycles. The lowest BCUT2D eigenvalue weighted by atomic mass is 10.0. The fourth-order valence-corrected chi connectivity index (χ4v) is 3.91. The molecule has 1 unspecified atom stereocenters. The van der Waals surface area contributed by atoms with Crippen LogP contribution in [0.25, 0.3) is 0 Å². The van der Waals surface area contributed by atoms with Gasteiger partial charge in [-0.1, -0.05) is 23.7 Å². The maximum atomic E-state index is 12.8. The molecular formula is C24H27ClN4O5. The Morgan fingerprint density at radius 2 is 1.74 bits per heavy atom. The van der Waals surface area contributed by atoms with Crippen LogP contribution < -0.4 is 10.5 Å². The number of rotatable bonds is 11. The summed E-state index contributed by atoms with van der Waals surface area (Å²) in [4.78, 5) is 39.8. The van der Waals surface area contributed by atoms with Crippen LogP contribution in [0.15, 0.2) is 48.5 Å². The van der Waals surface area contributed by atoms with Gasteiger partial charge < -0.3 is 25.4 Å². The van der Waals surface area contributed by atoms with Gasteiger partial charge in [0.25, 0.3) is 0 Å². The molecule has 2 aromatic carbocycles. The number of aliphatic carboxylic acids is 1. The van der Waals surface area contributed by atoms with E-state index in [9.17, 15) is 19.5 Å². The Bertz CT molecular complexity index is 1040. The van der Waals surface area contributed by atoms with Gasteiger partial charge in [0.15, 0.2) is 0 Å². The minimum absolute atomic E-state index is 0.00620. The van der Waals surface area contributed by atoms with E-state index >= 15 is 0 Å². The van der Waals surface area contributed by atoms with E-state index in [1.807, 2.05) is 0 Å². The van der Waals surface area contributed by atoms with Crippen molar-refractivity contribution in [3.63, 3.8) is 0 Å². The van der Waals surface area contributed by atoms with E-state index in [0.29, 0.717) is 54.4 Å². The number of carboxylic acid groups (broad SMARTS) is 1. The van der Waals surface area contributed by atoms with Crippen molar-refractivity contribution in [2.24, 2.45) is 5.73 Å². The monoisotopic (exact) mass is 486 g/mol. The zero-order chi connectivity index (χ0) is 24.7. The lowest BCUT2D eigenvalue weighted by Crippen LogP contribution is -2.55. The molecule has 2 aromatic rings. The van der Waals surface area contributed by atoms with Crippen LogP contribution in [0.5, 0.6) is 5.75 Å². The summed E-state index contributed by atoms with van der Waals surface area (Å²) in [6, 6.07) is 12.8. The molecule has 0 saturated carbocycles. The molecule has 0 radical (unpaired) electrons. The van der Waals surface area contributed by atoms with Crippen molar-refractivity contribution in [3.8, 4) is 5.75 Å². The second kappa shape index (κ2) is 11.5. The zero-order valence-electron chi connectivity index (χ0n) is 18.6. The average Bonchev–Trinajstić information content (AvgIpc) is 2.81. The van der Waals surface area contributed by atoms with E-state index in [0.717, 1.165) is 0 Å². The number of piperazine rings is 1. The lowest BCUT2D eigenvalue weighted by Gasteiger charge is -2.38. The molecule has 34 heavy (non-hydrogen) atoms. The molecule has 10 heteroatoms. The number of hydrogen-bond donors (Lipinski definition) is 3. The molecule has 0 aromatic heterocycles. The Hall–Kier alpha value is -3.59. The molecule has 1 aliphatic rings. The van der Waals surface area contributed by atoms with E-state index < -0.39 is 23.8 Å². The number of ether oxygens (including phenoxy) is 1. The van der Waals surface area contributed by atoms with Gasteiger partial charge in [-0.15, -0.1) is 0 Å². The SMILES string of the molecule is N=C(N)c1ccc(OCCCCN2CCN(C(CC(=O)O)c3ccc(Cl)cc3)C(=O)C2=O)cc1. The Morgan fingerprint density at radius 1 is 1.06 bits per heavy atom. The van der Waals surface area contributed by atoms with Gasteiger partial charge in [0.2, 0.25) is 0 Å². The van der Waals surface area contributed by atoms with Gasteiger partial charge in [-0.2, -0.15) is 0 Å². The molecule has 0 bridgehead atoms. The van der Waals surface area contributed by atoms with Crippen LogP contribution in [-0.2, 0) is 14.4 Å². The largest absolute Gasteiger partial charge is 0.494 e. The van der Waals surface area contributed by atoms with E-state index in [1.165, 1.54) is 9.80 Å². The highest BCUT2D eigenvalue weighted by molar-refractivity contribution is 6.35. The van der Waals surface area contributed by atoms with Crippen molar-refractivity contribution in [2.75, 3.05) is 26.2 Å². The number of carbonyl (C=O) groups excluding carboxylic acids is 2. The number of carboxylic acids is 1.